The molecule has 2 aromatic rings. The second-order valence-corrected chi connectivity index (χ2v) is 5.87. The van der Waals surface area contributed by atoms with Gasteiger partial charge in [-0.2, -0.15) is 0 Å². The van der Waals surface area contributed by atoms with Crippen LogP contribution in [0.2, 0.25) is 0 Å². The molecule has 0 saturated heterocycles. The molecule has 0 aliphatic carbocycles. The van der Waals surface area contributed by atoms with Gasteiger partial charge in [-0.3, -0.25) is 14.4 Å². The summed E-state index contributed by atoms with van der Waals surface area (Å²) in [6.07, 6.45) is 1.77. The molecule has 1 aromatic heterocycles. The van der Waals surface area contributed by atoms with E-state index in [9.17, 15) is 19.5 Å². The molecule has 0 spiro atoms. The smallest absolute Gasteiger partial charge is 0.315 e. The zero-order valence-corrected chi connectivity index (χ0v) is 14.5. The highest BCUT2D eigenvalue weighted by Gasteiger charge is 2.38. The van der Waals surface area contributed by atoms with Gasteiger partial charge in [0.25, 0.3) is 5.91 Å². The van der Waals surface area contributed by atoms with Crippen molar-refractivity contribution in [3.05, 3.63) is 60.1 Å². The highest BCUT2D eigenvalue weighted by atomic mass is 16.4. The summed E-state index contributed by atoms with van der Waals surface area (Å²) in [5, 5.41) is 15.0. The normalized spacial score (nSPS) is 12.8. The van der Waals surface area contributed by atoms with E-state index in [1.807, 2.05) is 6.07 Å². The van der Waals surface area contributed by atoms with Crippen molar-refractivity contribution in [2.24, 2.45) is 0 Å². The molecule has 1 heterocycles. The van der Waals surface area contributed by atoms with Crippen molar-refractivity contribution in [3.8, 4) is 0 Å². The summed E-state index contributed by atoms with van der Waals surface area (Å²) >= 11 is 0. The van der Waals surface area contributed by atoms with E-state index in [0.717, 1.165) is 0 Å². The number of carbonyl (C=O) groups excluding carboxylic acids is 2. The highest BCUT2D eigenvalue weighted by Crippen LogP contribution is 2.27. The van der Waals surface area contributed by atoms with E-state index in [0.29, 0.717) is 12.0 Å². The summed E-state index contributed by atoms with van der Waals surface area (Å²) in [5.41, 5.74) is -0.546. The molecule has 7 nitrogen and oxygen atoms in total. The number of amides is 2. The average Bonchev–Trinajstić information content (AvgIpc) is 3.18. The van der Waals surface area contributed by atoms with Crippen LogP contribution in [0.4, 0.5) is 0 Å². The fourth-order valence-electron chi connectivity index (χ4n) is 2.66. The Morgan fingerprint density at radius 1 is 1.08 bits per heavy atom. The third kappa shape index (κ3) is 4.50. The number of hydrogen-bond acceptors (Lipinski definition) is 4. The van der Waals surface area contributed by atoms with Crippen LogP contribution >= 0.6 is 0 Å². The Labute approximate surface area is 151 Å². The molecule has 0 aliphatic heterocycles. The summed E-state index contributed by atoms with van der Waals surface area (Å²) < 4.78 is 4.96. The summed E-state index contributed by atoms with van der Waals surface area (Å²) in [5.74, 6) is -1.55. The Bertz CT molecular complexity index is 743. The largest absolute Gasteiger partial charge is 0.481 e. The molecule has 0 radical (unpaired) electrons. The van der Waals surface area contributed by atoms with Gasteiger partial charge < -0.3 is 20.2 Å². The molecule has 2 rings (SSSR count). The summed E-state index contributed by atoms with van der Waals surface area (Å²) in [4.78, 5) is 35.6. The predicted molar refractivity (Wildman–Crippen MR) is 94.7 cm³/mol. The van der Waals surface area contributed by atoms with Crippen molar-refractivity contribution in [1.82, 2.24) is 10.6 Å². The van der Waals surface area contributed by atoms with Gasteiger partial charge in [0.15, 0.2) is 5.76 Å². The fraction of sp³-hybridized carbons (Fsp3) is 0.316. The van der Waals surface area contributed by atoms with Crippen LogP contribution in [0.5, 0.6) is 0 Å². The van der Waals surface area contributed by atoms with Gasteiger partial charge in [-0.1, -0.05) is 37.3 Å². The number of aliphatic carboxylic acids is 1. The molecule has 0 saturated carbocycles. The van der Waals surface area contributed by atoms with Gasteiger partial charge in [0, 0.05) is 19.5 Å². The molecular weight excluding hydrogens is 336 g/mol. The molecule has 1 unspecified atom stereocenters. The second kappa shape index (κ2) is 8.84. The van der Waals surface area contributed by atoms with E-state index in [2.05, 4.69) is 10.6 Å². The third-order valence-electron chi connectivity index (χ3n) is 4.31. The zero-order valence-electron chi connectivity index (χ0n) is 14.5. The Morgan fingerprint density at radius 2 is 1.81 bits per heavy atom. The molecular formula is C19H22N2O5. The SMILES string of the molecule is CCC(CNC(=O)CCNC(=O)c1ccco1)(C(=O)O)c1ccccc1. The molecule has 3 N–H and O–H groups in total. The maximum absolute atomic E-state index is 12.0. The van der Waals surface area contributed by atoms with Crippen molar-refractivity contribution < 1.29 is 23.9 Å². The van der Waals surface area contributed by atoms with E-state index >= 15 is 0 Å². The number of rotatable bonds is 9. The van der Waals surface area contributed by atoms with Crippen LogP contribution < -0.4 is 10.6 Å². The molecule has 7 heteroatoms. The van der Waals surface area contributed by atoms with Gasteiger partial charge in [-0.25, -0.2) is 0 Å². The third-order valence-corrected chi connectivity index (χ3v) is 4.31. The molecule has 0 bridgehead atoms. The van der Waals surface area contributed by atoms with Crippen LogP contribution in [0.15, 0.2) is 53.1 Å². The number of benzene rings is 1. The predicted octanol–water partition coefficient (Wildman–Crippen LogP) is 1.95. The fourth-order valence-corrected chi connectivity index (χ4v) is 2.66. The van der Waals surface area contributed by atoms with E-state index in [1.54, 1.807) is 37.3 Å². The summed E-state index contributed by atoms with van der Waals surface area (Å²) in [6, 6.07) is 12.0. The van der Waals surface area contributed by atoms with Crippen molar-refractivity contribution in [1.29, 1.82) is 0 Å². The maximum Gasteiger partial charge on any atom is 0.315 e. The van der Waals surface area contributed by atoms with E-state index in [1.165, 1.54) is 12.3 Å². The van der Waals surface area contributed by atoms with E-state index < -0.39 is 17.3 Å². The molecule has 1 aromatic carbocycles. The van der Waals surface area contributed by atoms with E-state index in [4.69, 9.17) is 4.42 Å². The minimum atomic E-state index is -1.19. The lowest BCUT2D eigenvalue weighted by Crippen LogP contribution is -2.46. The van der Waals surface area contributed by atoms with Crippen LogP contribution in [0.3, 0.4) is 0 Å². The van der Waals surface area contributed by atoms with Gasteiger partial charge in [0.1, 0.15) is 5.41 Å². The monoisotopic (exact) mass is 358 g/mol. The topological polar surface area (TPSA) is 109 Å². The van der Waals surface area contributed by atoms with Crippen LogP contribution in [0.1, 0.15) is 35.9 Å². The highest BCUT2D eigenvalue weighted by molar-refractivity contribution is 5.91. The van der Waals surface area contributed by atoms with Crippen molar-refractivity contribution >= 4 is 17.8 Å². The first-order chi connectivity index (χ1) is 12.5. The van der Waals surface area contributed by atoms with Crippen molar-refractivity contribution in [3.63, 3.8) is 0 Å². The molecule has 26 heavy (non-hydrogen) atoms. The van der Waals surface area contributed by atoms with Crippen LogP contribution in [-0.4, -0.2) is 36.0 Å². The van der Waals surface area contributed by atoms with Gasteiger partial charge in [0.2, 0.25) is 5.91 Å². The summed E-state index contributed by atoms with van der Waals surface area (Å²) in [6.45, 7) is 1.88. The first-order valence-electron chi connectivity index (χ1n) is 8.37. The lowest BCUT2D eigenvalue weighted by molar-refractivity contribution is -0.144. The Kier molecular flexibility index (Phi) is 6.54. The Hall–Kier alpha value is -3.09. The summed E-state index contributed by atoms with van der Waals surface area (Å²) in [7, 11) is 0. The molecule has 138 valence electrons. The number of carboxylic acids is 1. The zero-order chi connectivity index (χ0) is 19.0. The number of carboxylic acid groups (broad SMARTS) is 1. The number of hydrogen-bond donors (Lipinski definition) is 3. The first-order valence-corrected chi connectivity index (χ1v) is 8.37. The van der Waals surface area contributed by atoms with Crippen molar-refractivity contribution in [2.75, 3.05) is 13.1 Å². The maximum atomic E-state index is 12.0. The first kappa shape index (κ1) is 19.2. The second-order valence-electron chi connectivity index (χ2n) is 5.87. The van der Waals surface area contributed by atoms with Gasteiger partial charge in [0.05, 0.1) is 6.26 Å². The van der Waals surface area contributed by atoms with Gasteiger partial charge in [-0.05, 0) is 24.1 Å². The van der Waals surface area contributed by atoms with Crippen LogP contribution in [0, 0.1) is 0 Å². The molecule has 2 amide bonds. The molecule has 0 fully saturated rings. The van der Waals surface area contributed by atoms with Crippen molar-refractivity contribution in [2.45, 2.75) is 25.2 Å². The molecule has 1 atom stereocenters. The minimum absolute atomic E-state index is 0.0200. The van der Waals surface area contributed by atoms with E-state index in [-0.39, 0.29) is 31.2 Å². The Morgan fingerprint density at radius 3 is 2.38 bits per heavy atom. The van der Waals surface area contributed by atoms with Crippen LogP contribution in [0.25, 0.3) is 0 Å². The average molecular weight is 358 g/mol. The lowest BCUT2D eigenvalue weighted by Gasteiger charge is -2.29. The number of carbonyl (C=O) groups is 3. The van der Waals surface area contributed by atoms with Crippen LogP contribution in [-0.2, 0) is 15.0 Å². The minimum Gasteiger partial charge on any atom is -0.481 e. The Balaban J connectivity index is 1.89. The standard InChI is InChI=1S/C19H22N2O5/c1-2-19(18(24)25,14-7-4-3-5-8-14)13-21-16(22)10-11-20-17(23)15-9-6-12-26-15/h3-9,12H,2,10-11,13H2,1H3,(H,20,23)(H,21,22)(H,24,25). The van der Waals surface area contributed by atoms with Gasteiger partial charge >= 0.3 is 5.97 Å². The number of nitrogens with one attached hydrogen (secondary N) is 2. The van der Waals surface area contributed by atoms with Gasteiger partial charge in [-0.15, -0.1) is 0 Å². The molecule has 0 aliphatic rings. The lowest BCUT2D eigenvalue weighted by atomic mass is 9.78. The number of furan rings is 1. The quantitative estimate of drug-likeness (QED) is 0.635.